The molecule has 0 aliphatic rings. The molecule has 0 aromatic heterocycles. The van der Waals surface area contributed by atoms with Crippen LogP contribution in [-0.4, -0.2) is 13.0 Å². The second kappa shape index (κ2) is 5.40. The van der Waals surface area contributed by atoms with E-state index in [1.165, 1.54) is 17.0 Å². The predicted octanol–water partition coefficient (Wildman–Crippen LogP) is 3.45. The number of carbonyl (C=O) groups excluding carboxylic acids is 1. The van der Waals surface area contributed by atoms with E-state index >= 15 is 0 Å². The van der Waals surface area contributed by atoms with Gasteiger partial charge in [0.05, 0.1) is 10.0 Å². The molecule has 3 nitrogen and oxygen atoms in total. The number of anilines is 2. The second-order valence-corrected chi connectivity index (χ2v) is 4.84. The number of halogens is 2. The first kappa shape index (κ1) is 13.5. The lowest BCUT2D eigenvalue weighted by atomic mass is 10.1. The van der Waals surface area contributed by atoms with Crippen molar-refractivity contribution in [2.45, 2.75) is 0 Å². The summed E-state index contributed by atoms with van der Waals surface area (Å²) in [5.41, 5.74) is 7.32. The quantitative estimate of drug-likeness (QED) is 0.861. The summed E-state index contributed by atoms with van der Waals surface area (Å²) in [4.78, 5) is 13.8. The van der Waals surface area contributed by atoms with Crippen LogP contribution in [0.1, 0.15) is 10.4 Å². The first-order valence-corrected chi connectivity index (χ1v) is 6.37. The van der Waals surface area contributed by atoms with Gasteiger partial charge in [-0.05, 0) is 52.3 Å². The fraction of sp³-hybridized carbons (Fsp3) is 0.0714. The fourth-order valence-electron chi connectivity index (χ4n) is 1.68. The van der Waals surface area contributed by atoms with Gasteiger partial charge in [0.2, 0.25) is 0 Å². The SMILES string of the molecule is CN(C(=O)c1cccc(N)c1Br)c1ccc(F)cc1. The van der Waals surface area contributed by atoms with Crippen molar-refractivity contribution in [1.29, 1.82) is 0 Å². The number of nitrogens with zero attached hydrogens (tertiary/aromatic N) is 1. The Morgan fingerprint density at radius 1 is 1.21 bits per heavy atom. The summed E-state index contributed by atoms with van der Waals surface area (Å²) in [5.74, 6) is -0.555. The highest BCUT2D eigenvalue weighted by Crippen LogP contribution is 2.26. The van der Waals surface area contributed by atoms with Crippen molar-refractivity contribution in [3.05, 3.63) is 58.3 Å². The molecule has 98 valence electrons. The van der Waals surface area contributed by atoms with Gasteiger partial charge in [-0.3, -0.25) is 4.79 Å². The number of carbonyl (C=O) groups is 1. The first-order chi connectivity index (χ1) is 9.00. The van der Waals surface area contributed by atoms with E-state index < -0.39 is 0 Å². The highest BCUT2D eigenvalue weighted by atomic mass is 79.9. The van der Waals surface area contributed by atoms with Crippen LogP contribution in [0.3, 0.4) is 0 Å². The summed E-state index contributed by atoms with van der Waals surface area (Å²) in [6.07, 6.45) is 0. The Morgan fingerprint density at radius 2 is 1.84 bits per heavy atom. The van der Waals surface area contributed by atoms with Crippen molar-refractivity contribution < 1.29 is 9.18 Å². The Bertz CT molecular complexity index is 613. The molecule has 0 unspecified atom stereocenters. The molecule has 0 atom stereocenters. The van der Waals surface area contributed by atoms with Crippen LogP contribution in [0.25, 0.3) is 0 Å². The Hall–Kier alpha value is -1.88. The molecule has 0 fully saturated rings. The Balaban J connectivity index is 2.33. The maximum Gasteiger partial charge on any atom is 0.259 e. The summed E-state index contributed by atoms with van der Waals surface area (Å²) in [6, 6.07) is 10.8. The lowest BCUT2D eigenvalue weighted by molar-refractivity contribution is 0.0992. The van der Waals surface area contributed by atoms with Crippen molar-refractivity contribution >= 4 is 33.2 Å². The van der Waals surface area contributed by atoms with E-state index in [-0.39, 0.29) is 11.7 Å². The summed E-state index contributed by atoms with van der Waals surface area (Å²) in [7, 11) is 1.63. The number of hydrogen-bond donors (Lipinski definition) is 1. The van der Waals surface area contributed by atoms with Crippen LogP contribution in [0, 0.1) is 5.82 Å². The third-order valence-corrected chi connectivity index (χ3v) is 3.66. The van der Waals surface area contributed by atoms with E-state index in [2.05, 4.69) is 15.9 Å². The van der Waals surface area contributed by atoms with Crippen molar-refractivity contribution in [2.24, 2.45) is 0 Å². The van der Waals surface area contributed by atoms with Gasteiger partial charge in [0.1, 0.15) is 5.82 Å². The van der Waals surface area contributed by atoms with Crippen molar-refractivity contribution in [1.82, 2.24) is 0 Å². The fourth-order valence-corrected chi connectivity index (χ4v) is 2.11. The number of rotatable bonds is 2. The predicted molar refractivity (Wildman–Crippen MR) is 77.7 cm³/mol. The summed E-state index contributed by atoms with van der Waals surface area (Å²) in [5, 5.41) is 0. The van der Waals surface area contributed by atoms with Crippen molar-refractivity contribution in [3.8, 4) is 0 Å². The van der Waals surface area contributed by atoms with Gasteiger partial charge in [0.25, 0.3) is 5.91 Å². The molecule has 0 aliphatic heterocycles. The van der Waals surface area contributed by atoms with Crippen molar-refractivity contribution in [2.75, 3.05) is 17.7 Å². The van der Waals surface area contributed by atoms with Gasteiger partial charge in [0.15, 0.2) is 0 Å². The first-order valence-electron chi connectivity index (χ1n) is 5.58. The largest absolute Gasteiger partial charge is 0.398 e. The minimum absolute atomic E-state index is 0.217. The van der Waals surface area contributed by atoms with Crippen LogP contribution in [-0.2, 0) is 0 Å². The van der Waals surface area contributed by atoms with E-state index in [0.717, 1.165) is 0 Å². The summed E-state index contributed by atoms with van der Waals surface area (Å²) in [6.45, 7) is 0. The minimum atomic E-state index is -0.338. The molecule has 0 saturated carbocycles. The molecule has 5 heteroatoms. The van der Waals surface area contributed by atoms with Gasteiger partial charge in [-0.15, -0.1) is 0 Å². The van der Waals surface area contributed by atoms with Gasteiger partial charge < -0.3 is 10.6 Å². The van der Waals surface area contributed by atoms with E-state index in [4.69, 9.17) is 5.73 Å². The maximum atomic E-state index is 12.9. The second-order valence-electron chi connectivity index (χ2n) is 4.05. The van der Waals surface area contributed by atoms with Gasteiger partial charge in [-0.25, -0.2) is 4.39 Å². The van der Waals surface area contributed by atoms with E-state index in [0.29, 0.717) is 21.4 Å². The van der Waals surface area contributed by atoms with Crippen LogP contribution < -0.4 is 10.6 Å². The Kier molecular flexibility index (Phi) is 3.85. The number of benzene rings is 2. The molecule has 2 rings (SSSR count). The minimum Gasteiger partial charge on any atom is -0.398 e. The average molecular weight is 323 g/mol. The summed E-state index contributed by atoms with van der Waals surface area (Å²) >= 11 is 3.30. The van der Waals surface area contributed by atoms with Crippen LogP contribution in [0.15, 0.2) is 46.9 Å². The monoisotopic (exact) mass is 322 g/mol. The lowest BCUT2D eigenvalue weighted by Gasteiger charge is -2.18. The lowest BCUT2D eigenvalue weighted by Crippen LogP contribution is -2.26. The molecule has 0 aliphatic carbocycles. The molecule has 1 amide bonds. The van der Waals surface area contributed by atoms with Gasteiger partial charge in [-0.2, -0.15) is 0 Å². The number of hydrogen-bond acceptors (Lipinski definition) is 2. The van der Waals surface area contributed by atoms with Crippen LogP contribution in [0.2, 0.25) is 0 Å². The molecule has 0 bridgehead atoms. The molecule has 0 radical (unpaired) electrons. The molecule has 0 spiro atoms. The highest BCUT2D eigenvalue weighted by molar-refractivity contribution is 9.10. The van der Waals surface area contributed by atoms with Crippen LogP contribution in [0.5, 0.6) is 0 Å². The smallest absolute Gasteiger partial charge is 0.259 e. The topological polar surface area (TPSA) is 46.3 Å². The maximum absolute atomic E-state index is 12.9. The van der Waals surface area contributed by atoms with Gasteiger partial charge in [-0.1, -0.05) is 6.07 Å². The van der Waals surface area contributed by atoms with Crippen LogP contribution >= 0.6 is 15.9 Å². The third-order valence-electron chi connectivity index (χ3n) is 2.78. The molecular formula is C14H12BrFN2O. The molecule has 0 heterocycles. The molecule has 2 aromatic rings. The molecule has 2 aromatic carbocycles. The molecular weight excluding hydrogens is 311 g/mol. The molecule has 2 N–H and O–H groups in total. The normalized spacial score (nSPS) is 10.3. The number of nitrogens with two attached hydrogens (primary N) is 1. The zero-order chi connectivity index (χ0) is 14.0. The Morgan fingerprint density at radius 3 is 2.47 bits per heavy atom. The van der Waals surface area contributed by atoms with Gasteiger partial charge in [0, 0.05) is 18.4 Å². The van der Waals surface area contributed by atoms with Gasteiger partial charge >= 0.3 is 0 Å². The number of amides is 1. The van der Waals surface area contributed by atoms with E-state index in [9.17, 15) is 9.18 Å². The average Bonchev–Trinajstić information content (AvgIpc) is 2.41. The van der Waals surface area contributed by atoms with E-state index in [1.54, 1.807) is 37.4 Å². The molecule has 0 saturated heterocycles. The number of nitrogen functional groups attached to an aromatic ring is 1. The van der Waals surface area contributed by atoms with Crippen LogP contribution in [0.4, 0.5) is 15.8 Å². The zero-order valence-electron chi connectivity index (χ0n) is 10.2. The standard InChI is InChI=1S/C14H12BrFN2O/c1-18(10-7-5-9(16)6-8-10)14(19)11-3-2-4-12(17)13(11)15/h2-8H,17H2,1H3. The van der Waals surface area contributed by atoms with E-state index in [1.807, 2.05) is 0 Å². The third kappa shape index (κ3) is 2.76. The zero-order valence-corrected chi connectivity index (χ0v) is 11.8. The van der Waals surface area contributed by atoms with Crippen molar-refractivity contribution in [3.63, 3.8) is 0 Å². The highest BCUT2D eigenvalue weighted by Gasteiger charge is 2.17. The Labute approximate surface area is 119 Å². The molecule has 19 heavy (non-hydrogen) atoms. The summed E-state index contributed by atoms with van der Waals surface area (Å²) < 4.78 is 13.4.